The Balaban J connectivity index is 2.81. The van der Waals surface area contributed by atoms with E-state index in [0.717, 1.165) is 5.56 Å². The number of hydrogen-bond donors (Lipinski definition) is 1. The molecule has 0 aliphatic heterocycles. The zero-order chi connectivity index (χ0) is 14.6. The van der Waals surface area contributed by atoms with Crippen molar-refractivity contribution in [3.8, 4) is 0 Å². The SMILES string of the molecule is CCC(NC(=O)c1ccc(C(C)(C)C)cc1)C(=O)Cl. The molecule has 0 saturated heterocycles. The van der Waals surface area contributed by atoms with Gasteiger partial charge in [0, 0.05) is 5.56 Å². The third kappa shape index (κ3) is 4.35. The Hall–Kier alpha value is -1.35. The first-order chi connectivity index (χ1) is 8.75. The van der Waals surface area contributed by atoms with Gasteiger partial charge < -0.3 is 5.32 Å². The lowest BCUT2D eigenvalue weighted by molar-refractivity contribution is -0.113. The summed E-state index contributed by atoms with van der Waals surface area (Å²) in [4.78, 5) is 23.0. The molecule has 1 aromatic rings. The van der Waals surface area contributed by atoms with E-state index in [4.69, 9.17) is 11.6 Å². The van der Waals surface area contributed by atoms with Gasteiger partial charge >= 0.3 is 0 Å². The highest BCUT2D eigenvalue weighted by atomic mass is 35.5. The third-order valence-corrected chi connectivity index (χ3v) is 3.26. The molecule has 0 spiro atoms. The molecular formula is C15H20ClNO2. The van der Waals surface area contributed by atoms with E-state index in [1.165, 1.54) is 0 Å². The molecule has 19 heavy (non-hydrogen) atoms. The van der Waals surface area contributed by atoms with Crippen molar-refractivity contribution in [1.29, 1.82) is 0 Å². The van der Waals surface area contributed by atoms with Crippen LogP contribution in [0.2, 0.25) is 0 Å². The van der Waals surface area contributed by atoms with Crippen molar-refractivity contribution in [1.82, 2.24) is 5.32 Å². The molecule has 3 nitrogen and oxygen atoms in total. The number of amides is 1. The van der Waals surface area contributed by atoms with Crippen LogP contribution < -0.4 is 5.32 Å². The Morgan fingerprint density at radius 1 is 1.21 bits per heavy atom. The first-order valence-corrected chi connectivity index (χ1v) is 6.74. The zero-order valence-corrected chi connectivity index (χ0v) is 12.5. The van der Waals surface area contributed by atoms with Crippen LogP contribution in [0.3, 0.4) is 0 Å². The van der Waals surface area contributed by atoms with Gasteiger partial charge in [0.1, 0.15) is 6.04 Å². The quantitative estimate of drug-likeness (QED) is 0.861. The topological polar surface area (TPSA) is 46.2 Å². The normalized spacial score (nSPS) is 12.9. The van der Waals surface area contributed by atoms with Crippen LogP contribution in [0.1, 0.15) is 50.0 Å². The molecule has 0 fully saturated rings. The van der Waals surface area contributed by atoms with Gasteiger partial charge in [-0.3, -0.25) is 9.59 Å². The molecule has 0 aromatic heterocycles. The van der Waals surface area contributed by atoms with Crippen LogP contribution in [0.5, 0.6) is 0 Å². The number of benzene rings is 1. The molecule has 0 aliphatic rings. The van der Waals surface area contributed by atoms with Crippen molar-refractivity contribution in [3.05, 3.63) is 35.4 Å². The minimum absolute atomic E-state index is 0.0487. The van der Waals surface area contributed by atoms with Gasteiger partial charge in [-0.25, -0.2) is 0 Å². The summed E-state index contributed by atoms with van der Waals surface area (Å²) in [6, 6.07) is 6.76. The molecule has 1 amide bonds. The van der Waals surface area contributed by atoms with E-state index in [-0.39, 0.29) is 11.3 Å². The summed E-state index contributed by atoms with van der Waals surface area (Å²) in [5.74, 6) is -0.277. The highest BCUT2D eigenvalue weighted by molar-refractivity contribution is 6.64. The molecule has 0 bridgehead atoms. The summed E-state index contributed by atoms with van der Waals surface area (Å²) in [5.41, 5.74) is 1.74. The van der Waals surface area contributed by atoms with Crippen molar-refractivity contribution >= 4 is 22.8 Å². The van der Waals surface area contributed by atoms with Crippen LogP contribution in [0.15, 0.2) is 24.3 Å². The van der Waals surface area contributed by atoms with Gasteiger partial charge in [0.25, 0.3) is 5.91 Å². The van der Waals surface area contributed by atoms with E-state index in [1.807, 2.05) is 12.1 Å². The predicted molar refractivity (Wildman–Crippen MR) is 77.5 cm³/mol. The van der Waals surface area contributed by atoms with Crippen LogP contribution in [0, 0.1) is 0 Å². The Morgan fingerprint density at radius 2 is 1.74 bits per heavy atom. The molecule has 1 aromatic carbocycles. The molecule has 0 radical (unpaired) electrons. The fraction of sp³-hybridized carbons (Fsp3) is 0.467. The summed E-state index contributed by atoms with van der Waals surface area (Å²) in [6.45, 7) is 8.14. The van der Waals surface area contributed by atoms with E-state index in [1.54, 1.807) is 19.1 Å². The average Bonchev–Trinajstić information content (AvgIpc) is 2.34. The van der Waals surface area contributed by atoms with Gasteiger partial charge in [-0.15, -0.1) is 0 Å². The van der Waals surface area contributed by atoms with Crippen LogP contribution in [0.25, 0.3) is 0 Å². The van der Waals surface area contributed by atoms with Crippen molar-refractivity contribution < 1.29 is 9.59 Å². The minimum Gasteiger partial charge on any atom is -0.341 e. The second-order valence-electron chi connectivity index (χ2n) is 5.57. The Bertz CT molecular complexity index is 460. The molecular weight excluding hydrogens is 262 g/mol. The van der Waals surface area contributed by atoms with Crippen molar-refractivity contribution in [2.24, 2.45) is 0 Å². The molecule has 0 aliphatic carbocycles. The average molecular weight is 282 g/mol. The molecule has 0 saturated carbocycles. The van der Waals surface area contributed by atoms with Gasteiger partial charge in [-0.05, 0) is 41.1 Å². The lowest BCUT2D eigenvalue weighted by Gasteiger charge is -2.19. The van der Waals surface area contributed by atoms with Gasteiger partial charge in [0.05, 0.1) is 0 Å². The van der Waals surface area contributed by atoms with Crippen molar-refractivity contribution in [3.63, 3.8) is 0 Å². The Kier molecular flexibility index (Phi) is 5.12. The number of halogens is 1. The van der Waals surface area contributed by atoms with Crippen molar-refractivity contribution in [2.75, 3.05) is 0 Å². The number of rotatable bonds is 4. The summed E-state index contributed by atoms with van der Waals surface area (Å²) in [5, 5.41) is 2.08. The lowest BCUT2D eigenvalue weighted by Crippen LogP contribution is -2.38. The van der Waals surface area contributed by atoms with Gasteiger partial charge in [0.15, 0.2) is 0 Å². The highest BCUT2D eigenvalue weighted by Crippen LogP contribution is 2.22. The molecule has 1 rings (SSSR count). The summed E-state index contributed by atoms with van der Waals surface area (Å²) in [6.07, 6.45) is 0.480. The molecule has 1 N–H and O–H groups in total. The molecule has 0 heterocycles. The smallest absolute Gasteiger partial charge is 0.251 e. The number of carbonyl (C=O) groups excluding carboxylic acids is 2. The molecule has 4 heteroatoms. The third-order valence-electron chi connectivity index (χ3n) is 3.00. The fourth-order valence-electron chi connectivity index (χ4n) is 1.68. The maximum atomic E-state index is 12.0. The van der Waals surface area contributed by atoms with E-state index in [0.29, 0.717) is 12.0 Å². The van der Waals surface area contributed by atoms with Crippen LogP contribution in [-0.4, -0.2) is 17.2 Å². The summed E-state index contributed by atoms with van der Waals surface area (Å²) >= 11 is 5.41. The number of nitrogens with one attached hydrogen (secondary N) is 1. The first-order valence-electron chi connectivity index (χ1n) is 6.36. The first kappa shape index (κ1) is 15.7. The van der Waals surface area contributed by atoms with Crippen molar-refractivity contribution in [2.45, 2.75) is 45.6 Å². The second kappa shape index (κ2) is 6.20. The summed E-state index contributed by atoms with van der Waals surface area (Å²) in [7, 11) is 0. The Morgan fingerprint density at radius 3 is 2.11 bits per heavy atom. The van der Waals surface area contributed by atoms with E-state index in [2.05, 4.69) is 26.1 Å². The Labute approximate surface area is 119 Å². The van der Waals surface area contributed by atoms with Gasteiger partial charge in [-0.1, -0.05) is 39.8 Å². The summed E-state index contributed by atoms with van der Waals surface area (Å²) < 4.78 is 0. The van der Waals surface area contributed by atoms with Crippen LogP contribution in [0.4, 0.5) is 0 Å². The lowest BCUT2D eigenvalue weighted by atomic mass is 9.86. The second-order valence-corrected chi connectivity index (χ2v) is 5.94. The number of hydrogen-bond acceptors (Lipinski definition) is 2. The largest absolute Gasteiger partial charge is 0.341 e. The monoisotopic (exact) mass is 281 g/mol. The fourth-order valence-corrected chi connectivity index (χ4v) is 1.89. The molecule has 104 valence electrons. The minimum atomic E-state index is -0.628. The molecule has 1 unspecified atom stereocenters. The van der Waals surface area contributed by atoms with Crippen LogP contribution >= 0.6 is 11.6 Å². The van der Waals surface area contributed by atoms with E-state index in [9.17, 15) is 9.59 Å². The maximum Gasteiger partial charge on any atom is 0.251 e. The number of carbonyl (C=O) groups is 2. The standard InChI is InChI=1S/C15H20ClNO2/c1-5-12(13(16)18)17-14(19)10-6-8-11(9-7-10)15(2,3)4/h6-9,12H,5H2,1-4H3,(H,17,19). The zero-order valence-electron chi connectivity index (χ0n) is 11.8. The van der Waals surface area contributed by atoms with Gasteiger partial charge in [-0.2, -0.15) is 0 Å². The van der Waals surface area contributed by atoms with Gasteiger partial charge in [0.2, 0.25) is 5.24 Å². The van der Waals surface area contributed by atoms with Crippen LogP contribution in [-0.2, 0) is 10.2 Å². The van der Waals surface area contributed by atoms with E-state index < -0.39 is 11.3 Å². The predicted octanol–water partition coefficient (Wildman–Crippen LogP) is 3.26. The molecule has 1 atom stereocenters. The maximum absolute atomic E-state index is 12.0. The highest BCUT2D eigenvalue weighted by Gasteiger charge is 2.18. The van der Waals surface area contributed by atoms with E-state index >= 15 is 0 Å².